The van der Waals surface area contributed by atoms with Gasteiger partial charge in [-0.15, -0.1) is 0 Å². The number of rotatable bonds is 3. The number of aliphatic imine (C=N–C) groups is 1. The van der Waals surface area contributed by atoms with E-state index < -0.39 is 0 Å². The summed E-state index contributed by atoms with van der Waals surface area (Å²) in [6.07, 6.45) is 3.45. The van der Waals surface area contributed by atoms with Crippen molar-refractivity contribution in [3.63, 3.8) is 0 Å². The Bertz CT molecular complexity index is 353. The van der Waals surface area contributed by atoms with Crippen molar-refractivity contribution in [3.8, 4) is 0 Å². The van der Waals surface area contributed by atoms with Crippen LogP contribution in [0, 0.1) is 0 Å². The highest BCUT2D eigenvalue weighted by molar-refractivity contribution is 5.87. The Kier molecular flexibility index (Phi) is 2.90. The zero-order valence-electron chi connectivity index (χ0n) is 9.66. The van der Waals surface area contributed by atoms with Crippen LogP contribution in [0.25, 0.3) is 0 Å². The standard InChI is InChI=1S/C14H19N/c1-3-13-10-14(4-2,11-15-13)12-8-6-5-7-9-12/h5-9H,3-4,10-11H2,1-2H3. The van der Waals surface area contributed by atoms with Gasteiger partial charge in [0.05, 0.1) is 0 Å². The quantitative estimate of drug-likeness (QED) is 0.708. The van der Waals surface area contributed by atoms with Crippen LogP contribution in [0.4, 0.5) is 0 Å². The van der Waals surface area contributed by atoms with E-state index in [2.05, 4.69) is 49.2 Å². The van der Waals surface area contributed by atoms with E-state index in [0.29, 0.717) is 5.41 Å². The van der Waals surface area contributed by atoms with E-state index in [4.69, 9.17) is 0 Å². The first-order valence-corrected chi connectivity index (χ1v) is 5.88. The molecule has 1 heteroatoms. The summed E-state index contributed by atoms with van der Waals surface area (Å²) in [7, 11) is 0. The predicted molar refractivity (Wildman–Crippen MR) is 65.6 cm³/mol. The Balaban J connectivity index is 2.26. The molecular formula is C14H19N. The molecule has 0 bridgehead atoms. The van der Waals surface area contributed by atoms with Crippen molar-refractivity contribution in [1.29, 1.82) is 0 Å². The number of nitrogens with zero attached hydrogens (tertiary/aromatic N) is 1. The lowest BCUT2D eigenvalue weighted by Crippen LogP contribution is -2.26. The van der Waals surface area contributed by atoms with Crippen molar-refractivity contribution in [2.24, 2.45) is 4.99 Å². The van der Waals surface area contributed by atoms with Crippen LogP contribution in [0.15, 0.2) is 35.3 Å². The Morgan fingerprint density at radius 2 is 1.93 bits per heavy atom. The van der Waals surface area contributed by atoms with Gasteiger partial charge in [-0.25, -0.2) is 0 Å². The molecule has 15 heavy (non-hydrogen) atoms. The molecule has 0 N–H and O–H groups in total. The fourth-order valence-electron chi connectivity index (χ4n) is 2.43. The molecule has 1 nitrogen and oxygen atoms in total. The molecule has 1 heterocycles. The van der Waals surface area contributed by atoms with Crippen LogP contribution in [0.2, 0.25) is 0 Å². The van der Waals surface area contributed by atoms with Crippen LogP contribution < -0.4 is 0 Å². The molecule has 0 spiro atoms. The molecule has 0 aromatic heterocycles. The molecule has 1 aliphatic rings. The zero-order valence-corrected chi connectivity index (χ0v) is 9.66. The zero-order chi connectivity index (χ0) is 10.7. The predicted octanol–water partition coefficient (Wildman–Crippen LogP) is 3.59. The maximum Gasteiger partial charge on any atom is 0.0489 e. The van der Waals surface area contributed by atoms with Crippen molar-refractivity contribution >= 4 is 5.71 Å². The molecule has 0 amide bonds. The molecular weight excluding hydrogens is 182 g/mol. The van der Waals surface area contributed by atoms with Crippen molar-refractivity contribution in [3.05, 3.63) is 35.9 Å². The summed E-state index contributed by atoms with van der Waals surface area (Å²) in [4.78, 5) is 4.67. The fraction of sp³-hybridized carbons (Fsp3) is 0.500. The van der Waals surface area contributed by atoms with E-state index in [1.165, 1.54) is 17.7 Å². The highest BCUT2D eigenvalue weighted by Crippen LogP contribution is 2.36. The van der Waals surface area contributed by atoms with Crippen LogP contribution in [0.3, 0.4) is 0 Å². The van der Waals surface area contributed by atoms with E-state index >= 15 is 0 Å². The van der Waals surface area contributed by atoms with E-state index in [9.17, 15) is 0 Å². The third-order valence-corrected chi connectivity index (χ3v) is 3.62. The van der Waals surface area contributed by atoms with Gasteiger partial charge < -0.3 is 0 Å². The summed E-state index contributed by atoms with van der Waals surface area (Å²) >= 11 is 0. The highest BCUT2D eigenvalue weighted by Gasteiger charge is 2.35. The monoisotopic (exact) mass is 201 g/mol. The first-order chi connectivity index (χ1) is 7.30. The fourth-order valence-corrected chi connectivity index (χ4v) is 2.43. The number of benzene rings is 1. The van der Waals surface area contributed by atoms with Gasteiger partial charge >= 0.3 is 0 Å². The van der Waals surface area contributed by atoms with Crippen LogP contribution in [-0.2, 0) is 5.41 Å². The first kappa shape index (κ1) is 10.4. The minimum Gasteiger partial charge on any atom is -0.293 e. The lowest BCUT2D eigenvalue weighted by molar-refractivity contribution is 0.462. The molecule has 80 valence electrons. The lowest BCUT2D eigenvalue weighted by atomic mass is 9.76. The second kappa shape index (κ2) is 4.18. The minimum atomic E-state index is 0.298. The molecule has 1 aromatic carbocycles. The Morgan fingerprint density at radius 1 is 1.20 bits per heavy atom. The molecule has 0 aliphatic carbocycles. The third-order valence-electron chi connectivity index (χ3n) is 3.62. The molecule has 0 saturated carbocycles. The second-order valence-corrected chi connectivity index (χ2v) is 4.41. The van der Waals surface area contributed by atoms with Crippen LogP contribution in [-0.4, -0.2) is 12.3 Å². The van der Waals surface area contributed by atoms with Gasteiger partial charge in [-0.3, -0.25) is 4.99 Å². The van der Waals surface area contributed by atoms with Crippen LogP contribution >= 0.6 is 0 Å². The van der Waals surface area contributed by atoms with E-state index in [-0.39, 0.29) is 0 Å². The lowest BCUT2D eigenvalue weighted by Gasteiger charge is -2.27. The van der Waals surface area contributed by atoms with Gasteiger partial charge in [-0.2, -0.15) is 0 Å². The molecule has 0 fully saturated rings. The van der Waals surface area contributed by atoms with E-state index in [0.717, 1.165) is 19.4 Å². The average molecular weight is 201 g/mol. The van der Waals surface area contributed by atoms with Crippen LogP contribution in [0.5, 0.6) is 0 Å². The molecule has 0 saturated heterocycles. The number of hydrogen-bond acceptors (Lipinski definition) is 1. The smallest absolute Gasteiger partial charge is 0.0489 e. The molecule has 1 aromatic rings. The van der Waals surface area contributed by atoms with Crippen molar-refractivity contribution in [1.82, 2.24) is 0 Å². The van der Waals surface area contributed by atoms with E-state index in [1.807, 2.05) is 0 Å². The molecule has 0 radical (unpaired) electrons. The maximum atomic E-state index is 4.67. The largest absolute Gasteiger partial charge is 0.293 e. The van der Waals surface area contributed by atoms with Gasteiger partial charge in [0.2, 0.25) is 0 Å². The summed E-state index contributed by atoms with van der Waals surface area (Å²) in [6, 6.07) is 10.9. The van der Waals surface area contributed by atoms with Gasteiger partial charge in [0.15, 0.2) is 0 Å². The van der Waals surface area contributed by atoms with Gasteiger partial charge in [-0.05, 0) is 24.8 Å². The van der Waals surface area contributed by atoms with E-state index in [1.54, 1.807) is 0 Å². The summed E-state index contributed by atoms with van der Waals surface area (Å²) in [5.74, 6) is 0. The summed E-state index contributed by atoms with van der Waals surface area (Å²) < 4.78 is 0. The normalized spacial score (nSPS) is 25.3. The summed E-state index contributed by atoms with van der Waals surface area (Å²) in [6.45, 7) is 5.47. The SMILES string of the molecule is CCC1=NCC(CC)(c2ccccc2)C1. The van der Waals surface area contributed by atoms with Gasteiger partial charge in [0, 0.05) is 17.7 Å². The minimum absolute atomic E-state index is 0.298. The van der Waals surface area contributed by atoms with Crippen molar-refractivity contribution in [2.45, 2.75) is 38.5 Å². The Labute approximate surface area is 92.2 Å². The number of hydrogen-bond donors (Lipinski definition) is 0. The molecule has 1 unspecified atom stereocenters. The summed E-state index contributed by atoms with van der Waals surface area (Å²) in [5, 5.41) is 0. The van der Waals surface area contributed by atoms with Gasteiger partial charge in [0.1, 0.15) is 0 Å². The van der Waals surface area contributed by atoms with Crippen LogP contribution in [0.1, 0.15) is 38.7 Å². The summed E-state index contributed by atoms with van der Waals surface area (Å²) in [5.41, 5.74) is 3.15. The molecule has 1 atom stereocenters. The Morgan fingerprint density at radius 3 is 2.47 bits per heavy atom. The molecule has 2 rings (SSSR count). The highest BCUT2D eigenvalue weighted by atomic mass is 14.8. The topological polar surface area (TPSA) is 12.4 Å². The van der Waals surface area contributed by atoms with Gasteiger partial charge in [0.25, 0.3) is 0 Å². The Hall–Kier alpha value is -1.11. The third kappa shape index (κ3) is 1.83. The average Bonchev–Trinajstić information content (AvgIpc) is 2.75. The maximum absolute atomic E-state index is 4.67. The van der Waals surface area contributed by atoms with Crippen molar-refractivity contribution in [2.75, 3.05) is 6.54 Å². The first-order valence-electron chi connectivity index (χ1n) is 5.88. The van der Waals surface area contributed by atoms with Gasteiger partial charge in [-0.1, -0.05) is 44.2 Å². The van der Waals surface area contributed by atoms with Crippen molar-refractivity contribution < 1.29 is 0 Å². The second-order valence-electron chi connectivity index (χ2n) is 4.41. The molecule has 1 aliphatic heterocycles.